The summed E-state index contributed by atoms with van der Waals surface area (Å²) in [5.41, 5.74) is 2.51. The third kappa shape index (κ3) is 3.57. The van der Waals surface area contributed by atoms with Crippen LogP contribution in [0.25, 0.3) is 11.0 Å². The van der Waals surface area contributed by atoms with Crippen LogP contribution in [-0.4, -0.2) is 19.1 Å². The normalized spacial score (nSPS) is 15.8. The first kappa shape index (κ1) is 21.3. The van der Waals surface area contributed by atoms with Gasteiger partial charge in [-0.15, -0.1) is 0 Å². The molecule has 0 unspecified atom stereocenters. The average molecular weight is 440 g/mol. The molecule has 0 saturated heterocycles. The van der Waals surface area contributed by atoms with Gasteiger partial charge < -0.3 is 9.73 Å². The molecule has 7 heteroatoms. The topological polar surface area (TPSA) is 93.5 Å². The average Bonchev–Trinajstić information content (AvgIpc) is 3.21. The number of benzene rings is 2. The maximum Gasteiger partial charge on any atom is 0.336 e. The number of anilines is 1. The fourth-order valence-electron chi connectivity index (χ4n) is 4.42. The first-order chi connectivity index (χ1) is 14.6. The van der Waals surface area contributed by atoms with Gasteiger partial charge >= 0.3 is 5.63 Å². The lowest BCUT2D eigenvalue weighted by atomic mass is 10.1. The van der Waals surface area contributed by atoms with Gasteiger partial charge in [-0.25, -0.2) is 13.2 Å². The van der Waals surface area contributed by atoms with Gasteiger partial charge in [-0.05, 0) is 68.5 Å². The monoisotopic (exact) mass is 439 g/mol. The molecule has 0 aliphatic heterocycles. The Morgan fingerprint density at radius 1 is 0.968 bits per heavy atom. The van der Waals surface area contributed by atoms with Crippen molar-refractivity contribution in [1.29, 1.82) is 0 Å². The molecule has 6 nitrogen and oxygen atoms in total. The highest BCUT2D eigenvalue weighted by Crippen LogP contribution is 2.42. The summed E-state index contributed by atoms with van der Waals surface area (Å²) >= 11 is 0. The van der Waals surface area contributed by atoms with Gasteiger partial charge in [-0.3, -0.25) is 4.79 Å². The van der Waals surface area contributed by atoms with Gasteiger partial charge in [0.05, 0.1) is 4.90 Å². The number of carbonyl (C=O) groups excluding carboxylic acids is 1. The van der Waals surface area contributed by atoms with E-state index in [-0.39, 0.29) is 17.7 Å². The van der Waals surface area contributed by atoms with E-state index in [0.29, 0.717) is 29.7 Å². The molecule has 0 radical (unpaired) electrons. The highest BCUT2D eigenvalue weighted by Gasteiger charge is 2.53. The minimum Gasteiger partial charge on any atom is -0.423 e. The molecule has 1 aliphatic carbocycles. The van der Waals surface area contributed by atoms with E-state index < -0.39 is 26.1 Å². The molecule has 2 aromatic carbocycles. The quantitative estimate of drug-likeness (QED) is 0.607. The summed E-state index contributed by atoms with van der Waals surface area (Å²) in [7, 11) is -3.91. The van der Waals surface area contributed by atoms with Gasteiger partial charge in [0.2, 0.25) is 5.91 Å². The van der Waals surface area contributed by atoms with Gasteiger partial charge in [0.1, 0.15) is 5.58 Å². The third-order valence-electron chi connectivity index (χ3n) is 6.18. The van der Waals surface area contributed by atoms with E-state index in [9.17, 15) is 18.0 Å². The molecule has 1 fully saturated rings. The van der Waals surface area contributed by atoms with Gasteiger partial charge in [0.15, 0.2) is 14.6 Å². The van der Waals surface area contributed by atoms with Gasteiger partial charge in [-0.2, -0.15) is 0 Å². The Bertz CT molecular complexity index is 1350. The van der Waals surface area contributed by atoms with Crippen LogP contribution in [0.3, 0.4) is 0 Å². The van der Waals surface area contributed by atoms with Crippen LogP contribution in [-0.2, 0) is 14.6 Å². The second kappa shape index (κ2) is 7.64. The van der Waals surface area contributed by atoms with Crippen molar-refractivity contribution in [2.24, 2.45) is 0 Å². The third-order valence-corrected chi connectivity index (χ3v) is 8.82. The molecule has 1 aromatic heterocycles. The zero-order chi connectivity index (χ0) is 22.4. The predicted molar refractivity (Wildman–Crippen MR) is 120 cm³/mol. The zero-order valence-electron chi connectivity index (χ0n) is 17.8. The van der Waals surface area contributed by atoms with E-state index in [1.165, 1.54) is 6.07 Å². The molecule has 1 amide bonds. The molecule has 31 heavy (non-hydrogen) atoms. The van der Waals surface area contributed by atoms with Gasteiger partial charge in [-0.1, -0.05) is 25.0 Å². The van der Waals surface area contributed by atoms with Crippen molar-refractivity contribution < 1.29 is 17.6 Å². The van der Waals surface area contributed by atoms with Crippen molar-refractivity contribution in [2.45, 2.75) is 56.1 Å². The lowest BCUT2D eigenvalue weighted by Gasteiger charge is -2.28. The molecule has 162 valence electrons. The summed E-state index contributed by atoms with van der Waals surface area (Å²) in [6.07, 6.45) is 1.89. The van der Waals surface area contributed by atoms with Crippen LogP contribution >= 0.6 is 0 Å². The summed E-state index contributed by atoms with van der Waals surface area (Å²) in [6, 6.07) is 11.7. The number of amides is 1. The summed E-state index contributed by atoms with van der Waals surface area (Å²) in [6.45, 7) is 5.40. The van der Waals surface area contributed by atoms with Crippen LogP contribution < -0.4 is 10.9 Å². The minimum absolute atomic E-state index is 0.213. The molecule has 0 spiro atoms. The van der Waals surface area contributed by atoms with Crippen LogP contribution in [0.15, 0.2) is 56.6 Å². The second-order valence-electron chi connectivity index (χ2n) is 8.39. The van der Waals surface area contributed by atoms with E-state index in [1.54, 1.807) is 37.3 Å². The number of carbonyl (C=O) groups is 1. The summed E-state index contributed by atoms with van der Waals surface area (Å²) in [4.78, 5) is 25.4. The molecule has 1 saturated carbocycles. The number of fused-ring (bicyclic) bond motifs is 1. The highest BCUT2D eigenvalue weighted by molar-refractivity contribution is 7.93. The minimum atomic E-state index is -3.91. The van der Waals surface area contributed by atoms with Crippen LogP contribution in [0.1, 0.15) is 42.4 Å². The van der Waals surface area contributed by atoms with Crippen molar-refractivity contribution in [1.82, 2.24) is 0 Å². The number of sulfone groups is 1. The van der Waals surface area contributed by atoms with Gasteiger partial charge in [0, 0.05) is 23.2 Å². The molecular weight excluding hydrogens is 414 g/mol. The number of rotatable bonds is 4. The van der Waals surface area contributed by atoms with E-state index in [0.717, 1.165) is 16.5 Å². The molecule has 0 bridgehead atoms. The van der Waals surface area contributed by atoms with Crippen molar-refractivity contribution in [3.05, 3.63) is 69.6 Å². The fourth-order valence-corrected chi connectivity index (χ4v) is 6.79. The van der Waals surface area contributed by atoms with E-state index in [4.69, 9.17) is 4.42 Å². The Hall–Kier alpha value is -2.93. The molecule has 1 N–H and O–H groups in total. The number of aryl methyl sites for hydroxylation is 3. The summed E-state index contributed by atoms with van der Waals surface area (Å²) in [5, 5.41) is 3.55. The predicted octanol–water partition coefficient (Wildman–Crippen LogP) is 4.44. The van der Waals surface area contributed by atoms with Gasteiger partial charge in [0.25, 0.3) is 0 Å². The van der Waals surface area contributed by atoms with Crippen LogP contribution in [0.2, 0.25) is 0 Å². The Labute approximate surface area is 181 Å². The Morgan fingerprint density at radius 3 is 2.39 bits per heavy atom. The molecule has 0 atom stereocenters. The van der Waals surface area contributed by atoms with Crippen LogP contribution in [0.5, 0.6) is 0 Å². The number of hydrogen-bond donors (Lipinski definition) is 1. The van der Waals surface area contributed by atoms with E-state index in [1.807, 2.05) is 19.9 Å². The first-order valence-electron chi connectivity index (χ1n) is 10.3. The maximum absolute atomic E-state index is 13.7. The summed E-state index contributed by atoms with van der Waals surface area (Å²) in [5.74, 6) is -0.541. The molecule has 3 aromatic rings. The van der Waals surface area contributed by atoms with Crippen LogP contribution in [0, 0.1) is 20.8 Å². The number of nitrogens with one attached hydrogen (secondary N) is 1. The lowest BCUT2D eigenvalue weighted by Crippen LogP contribution is -2.47. The fraction of sp³-hybridized carbons (Fsp3) is 0.333. The largest absolute Gasteiger partial charge is 0.423 e. The van der Waals surface area contributed by atoms with Crippen molar-refractivity contribution in [3.63, 3.8) is 0 Å². The van der Waals surface area contributed by atoms with Crippen molar-refractivity contribution in [2.75, 3.05) is 5.32 Å². The molecular formula is C24H25NO5S. The van der Waals surface area contributed by atoms with Crippen LogP contribution in [0.4, 0.5) is 5.69 Å². The van der Waals surface area contributed by atoms with E-state index in [2.05, 4.69) is 5.32 Å². The summed E-state index contributed by atoms with van der Waals surface area (Å²) < 4.78 is 31.2. The lowest BCUT2D eigenvalue weighted by molar-refractivity contribution is -0.118. The smallest absolute Gasteiger partial charge is 0.336 e. The standard InChI is InChI=1S/C24H25NO5S/c1-15-6-7-16(2)21(12-15)31(28,29)24(10-4-5-11-24)23(27)25-18-8-9-19-17(3)13-22(26)30-20(19)14-18/h6-9,12-14H,4-5,10-11H2,1-3H3,(H,25,27). The second-order valence-corrected chi connectivity index (χ2v) is 10.6. The zero-order valence-corrected chi connectivity index (χ0v) is 18.6. The van der Waals surface area contributed by atoms with Crippen molar-refractivity contribution in [3.8, 4) is 0 Å². The number of hydrogen-bond acceptors (Lipinski definition) is 5. The Balaban J connectivity index is 1.75. The first-order valence-corrected chi connectivity index (χ1v) is 11.8. The molecule has 1 heterocycles. The molecule has 1 aliphatic rings. The SMILES string of the molecule is Cc1ccc(C)c(S(=O)(=O)C2(C(=O)Nc3ccc4c(C)cc(=O)oc4c3)CCCC2)c1. The highest BCUT2D eigenvalue weighted by atomic mass is 32.2. The Kier molecular flexibility index (Phi) is 5.25. The van der Waals surface area contributed by atoms with Crippen molar-refractivity contribution >= 4 is 32.4 Å². The molecule has 4 rings (SSSR count). The maximum atomic E-state index is 13.7. The van der Waals surface area contributed by atoms with E-state index >= 15 is 0 Å². The Morgan fingerprint density at radius 2 is 1.68 bits per heavy atom.